The SMILES string of the molecule is Cc1nc(COc2ccccc2C(=O)Nc2cc(F)cc(F)c2)no1. The number of anilines is 1. The van der Waals surface area contributed by atoms with Gasteiger partial charge in [0.1, 0.15) is 17.4 Å². The van der Waals surface area contributed by atoms with Crippen molar-refractivity contribution in [1.29, 1.82) is 0 Å². The maximum atomic E-state index is 13.2. The quantitative estimate of drug-likeness (QED) is 0.766. The van der Waals surface area contributed by atoms with Crippen LogP contribution in [0.2, 0.25) is 0 Å². The number of carbonyl (C=O) groups excluding carboxylic acids is 1. The molecule has 6 nitrogen and oxygen atoms in total. The number of ether oxygens (including phenoxy) is 1. The smallest absolute Gasteiger partial charge is 0.259 e. The molecule has 2 aromatic carbocycles. The van der Waals surface area contributed by atoms with Crippen LogP contribution >= 0.6 is 0 Å². The van der Waals surface area contributed by atoms with Crippen LogP contribution < -0.4 is 10.1 Å². The first-order chi connectivity index (χ1) is 12.0. The Balaban J connectivity index is 1.76. The topological polar surface area (TPSA) is 77.2 Å². The van der Waals surface area contributed by atoms with E-state index in [1.165, 1.54) is 6.07 Å². The summed E-state index contributed by atoms with van der Waals surface area (Å²) in [7, 11) is 0. The van der Waals surface area contributed by atoms with Crippen LogP contribution in [0.4, 0.5) is 14.5 Å². The predicted octanol–water partition coefficient (Wildman–Crippen LogP) is 3.49. The van der Waals surface area contributed by atoms with E-state index < -0.39 is 17.5 Å². The zero-order valence-corrected chi connectivity index (χ0v) is 13.1. The lowest BCUT2D eigenvalue weighted by molar-refractivity contribution is 0.102. The Hall–Kier alpha value is -3.29. The summed E-state index contributed by atoms with van der Waals surface area (Å²) in [5, 5.41) is 6.13. The fourth-order valence-electron chi connectivity index (χ4n) is 2.15. The summed E-state index contributed by atoms with van der Waals surface area (Å²) in [5.74, 6) is -1.12. The molecule has 1 aromatic heterocycles. The molecule has 1 N–H and O–H groups in total. The number of para-hydroxylation sites is 1. The summed E-state index contributed by atoms with van der Waals surface area (Å²) >= 11 is 0. The van der Waals surface area contributed by atoms with E-state index in [0.717, 1.165) is 18.2 Å². The Morgan fingerprint density at radius 1 is 1.20 bits per heavy atom. The second kappa shape index (κ2) is 7.08. The fraction of sp³-hybridized carbons (Fsp3) is 0.118. The molecule has 0 aliphatic carbocycles. The molecular formula is C17H13F2N3O3. The Morgan fingerprint density at radius 3 is 2.60 bits per heavy atom. The Kier molecular flexibility index (Phi) is 4.69. The van der Waals surface area contributed by atoms with Gasteiger partial charge in [-0.1, -0.05) is 17.3 Å². The number of aromatic nitrogens is 2. The van der Waals surface area contributed by atoms with Crippen molar-refractivity contribution in [2.24, 2.45) is 0 Å². The van der Waals surface area contributed by atoms with E-state index in [2.05, 4.69) is 15.5 Å². The van der Waals surface area contributed by atoms with Crippen LogP contribution in [0.5, 0.6) is 5.75 Å². The molecule has 0 saturated carbocycles. The van der Waals surface area contributed by atoms with Gasteiger partial charge in [-0.2, -0.15) is 4.98 Å². The zero-order valence-electron chi connectivity index (χ0n) is 13.1. The van der Waals surface area contributed by atoms with Crippen LogP contribution in [0.3, 0.4) is 0 Å². The van der Waals surface area contributed by atoms with E-state index >= 15 is 0 Å². The van der Waals surface area contributed by atoms with Crippen LogP contribution in [0.25, 0.3) is 0 Å². The molecule has 0 bridgehead atoms. The van der Waals surface area contributed by atoms with E-state index in [0.29, 0.717) is 11.7 Å². The lowest BCUT2D eigenvalue weighted by Gasteiger charge is -2.11. The zero-order chi connectivity index (χ0) is 17.8. The minimum atomic E-state index is -0.785. The average molecular weight is 345 g/mol. The first kappa shape index (κ1) is 16.6. The van der Waals surface area contributed by atoms with Gasteiger partial charge in [-0.05, 0) is 24.3 Å². The number of carbonyl (C=O) groups is 1. The highest BCUT2D eigenvalue weighted by atomic mass is 19.1. The van der Waals surface area contributed by atoms with Gasteiger partial charge >= 0.3 is 0 Å². The third-order valence-corrected chi connectivity index (χ3v) is 3.18. The van der Waals surface area contributed by atoms with Gasteiger partial charge in [0.05, 0.1) is 5.56 Å². The van der Waals surface area contributed by atoms with Gasteiger partial charge in [0.15, 0.2) is 6.61 Å². The van der Waals surface area contributed by atoms with Crippen molar-refractivity contribution in [1.82, 2.24) is 10.1 Å². The maximum Gasteiger partial charge on any atom is 0.259 e. The highest BCUT2D eigenvalue weighted by Gasteiger charge is 2.14. The number of hydrogen-bond acceptors (Lipinski definition) is 5. The van der Waals surface area contributed by atoms with Crippen LogP contribution in [0, 0.1) is 18.6 Å². The maximum absolute atomic E-state index is 13.2. The number of aryl methyl sites for hydroxylation is 1. The van der Waals surface area contributed by atoms with Crippen molar-refractivity contribution in [3.05, 3.63) is 71.4 Å². The Labute approximate surface area is 141 Å². The normalized spacial score (nSPS) is 10.5. The molecule has 1 heterocycles. The highest BCUT2D eigenvalue weighted by Crippen LogP contribution is 2.21. The van der Waals surface area contributed by atoms with Gasteiger partial charge in [0.2, 0.25) is 11.7 Å². The average Bonchev–Trinajstić information content (AvgIpc) is 2.97. The first-order valence-electron chi connectivity index (χ1n) is 7.30. The molecule has 128 valence electrons. The van der Waals surface area contributed by atoms with Gasteiger partial charge < -0.3 is 14.6 Å². The van der Waals surface area contributed by atoms with Gasteiger partial charge in [-0.15, -0.1) is 0 Å². The van der Waals surface area contributed by atoms with Crippen molar-refractivity contribution in [3.8, 4) is 5.75 Å². The summed E-state index contributed by atoms with van der Waals surface area (Å²) in [4.78, 5) is 16.4. The van der Waals surface area contributed by atoms with Gasteiger partial charge in [-0.3, -0.25) is 4.79 Å². The van der Waals surface area contributed by atoms with E-state index in [9.17, 15) is 13.6 Å². The highest BCUT2D eigenvalue weighted by molar-refractivity contribution is 6.06. The Bertz CT molecular complexity index is 891. The number of nitrogens with zero attached hydrogens (tertiary/aromatic N) is 2. The summed E-state index contributed by atoms with van der Waals surface area (Å²) in [6, 6.07) is 9.22. The number of hydrogen-bond donors (Lipinski definition) is 1. The van der Waals surface area contributed by atoms with Crippen molar-refractivity contribution < 1.29 is 22.8 Å². The molecule has 3 rings (SSSR count). The minimum Gasteiger partial charge on any atom is -0.485 e. The molecule has 0 aliphatic rings. The predicted molar refractivity (Wildman–Crippen MR) is 84.1 cm³/mol. The molecule has 0 aliphatic heterocycles. The van der Waals surface area contributed by atoms with E-state index in [-0.39, 0.29) is 23.6 Å². The summed E-state index contributed by atoms with van der Waals surface area (Å²) < 4.78 is 36.9. The standard InChI is InChI=1S/C17H13F2N3O3/c1-10-20-16(22-25-10)9-24-15-5-3-2-4-14(15)17(23)21-13-7-11(18)6-12(19)8-13/h2-8H,9H2,1H3,(H,21,23). The number of benzene rings is 2. The number of halogens is 2. The monoisotopic (exact) mass is 345 g/mol. The number of nitrogens with one attached hydrogen (secondary N) is 1. The van der Waals surface area contributed by atoms with Crippen molar-refractivity contribution >= 4 is 11.6 Å². The van der Waals surface area contributed by atoms with Crippen LogP contribution in [0.15, 0.2) is 47.0 Å². The first-order valence-corrected chi connectivity index (χ1v) is 7.30. The summed E-state index contributed by atoms with van der Waals surface area (Å²) in [6.45, 7) is 1.66. The number of amides is 1. The summed E-state index contributed by atoms with van der Waals surface area (Å²) in [5.41, 5.74) is 0.207. The van der Waals surface area contributed by atoms with Gasteiger partial charge in [-0.25, -0.2) is 8.78 Å². The molecule has 0 spiro atoms. The molecule has 0 atom stereocenters. The third kappa shape index (κ3) is 4.17. The second-order valence-electron chi connectivity index (χ2n) is 5.13. The minimum absolute atomic E-state index is 0.00564. The lowest BCUT2D eigenvalue weighted by atomic mass is 10.2. The van der Waals surface area contributed by atoms with Crippen molar-refractivity contribution in [2.45, 2.75) is 13.5 Å². The van der Waals surface area contributed by atoms with Crippen molar-refractivity contribution in [2.75, 3.05) is 5.32 Å². The van der Waals surface area contributed by atoms with E-state index in [1.54, 1.807) is 25.1 Å². The molecule has 8 heteroatoms. The van der Waals surface area contributed by atoms with Crippen LogP contribution in [-0.2, 0) is 6.61 Å². The molecular weight excluding hydrogens is 332 g/mol. The molecule has 0 radical (unpaired) electrons. The molecule has 0 saturated heterocycles. The third-order valence-electron chi connectivity index (χ3n) is 3.18. The number of rotatable bonds is 5. The summed E-state index contributed by atoms with van der Waals surface area (Å²) in [6.07, 6.45) is 0. The van der Waals surface area contributed by atoms with E-state index in [1.807, 2.05) is 0 Å². The lowest BCUT2D eigenvalue weighted by Crippen LogP contribution is -2.14. The Morgan fingerprint density at radius 2 is 1.92 bits per heavy atom. The molecule has 1 amide bonds. The molecule has 3 aromatic rings. The molecule has 0 fully saturated rings. The van der Waals surface area contributed by atoms with Crippen molar-refractivity contribution in [3.63, 3.8) is 0 Å². The molecule has 0 unspecified atom stereocenters. The van der Waals surface area contributed by atoms with Gasteiger partial charge in [0.25, 0.3) is 5.91 Å². The van der Waals surface area contributed by atoms with Crippen LogP contribution in [-0.4, -0.2) is 16.0 Å². The second-order valence-corrected chi connectivity index (χ2v) is 5.13. The van der Waals surface area contributed by atoms with E-state index in [4.69, 9.17) is 9.26 Å². The fourth-order valence-corrected chi connectivity index (χ4v) is 2.15. The molecule has 25 heavy (non-hydrogen) atoms. The van der Waals surface area contributed by atoms with Crippen LogP contribution in [0.1, 0.15) is 22.1 Å². The largest absolute Gasteiger partial charge is 0.485 e. The van der Waals surface area contributed by atoms with Gasteiger partial charge in [0, 0.05) is 18.7 Å².